The summed E-state index contributed by atoms with van der Waals surface area (Å²) in [5.41, 5.74) is 5.07. The average molecular weight is 545 g/mol. The number of aryl methyl sites for hydroxylation is 1. The summed E-state index contributed by atoms with van der Waals surface area (Å²) in [6.45, 7) is 3.29. The van der Waals surface area contributed by atoms with Gasteiger partial charge in [-0.2, -0.15) is 0 Å². The number of thioether (sulfide) groups is 1. The number of hydrogen-bond donors (Lipinski definition) is 1. The molecule has 2 fully saturated rings. The van der Waals surface area contributed by atoms with Gasteiger partial charge >= 0.3 is 0 Å². The summed E-state index contributed by atoms with van der Waals surface area (Å²) in [5.74, 6) is 0.0133. The highest BCUT2D eigenvalue weighted by Crippen LogP contribution is 2.42. The number of carbonyl (C=O) groups excluding carboxylic acids is 2. The predicted molar refractivity (Wildman–Crippen MR) is 157 cm³/mol. The molecule has 2 unspecified atom stereocenters. The van der Waals surface area contributed by atoms with Crippen LogP contribution in [0.4, 0.5) is 0 Å². The summed E-state index contributed by atoms with van der Waals surface area (Å²) < 4.78 is 0. The average Bonchev–Trinajstić information content (AvgIpc) is 2.92. The second-order valence-corrected chi connectivity index (χ2v) is 11.9. The smallest absolute Gasteiger partial charge is 0.260 e. The van der Waals surface area contributed by atoms with Crippen LogP contribution in [0.2, 0.25) is 5.02 Å². The van der Waals surface area contributed by atoms with Crippen molar-refractivity contribution < 1.29 is 9.59 Å². The summed E-state index contributed by atoms with van der Waals surface area (Å²) in [7, 11) is 0. The molecule has 1 aliphatic heterocycles. The van der Waals surface area contributed by atoms with Crippen LogP contribution in [0.3, 0.4) is 0 Å². The van der Waals surface area contributed by atoms with Gasteiger partial charge in [0.1, 0.15) is 0 Å². The second-order valence-electron chi connectivity index (χ2n) is 10.2. The zero-order chi connectivity index (χ0) is 26.5. The Hall–Kier alpha value is -3.02. The molecule has 38 heavy (non-hydrogen) atoms. The lowest BCUT2D eigenvalue weighted by atomic mass is 9.92. The zero-order valence-electron chi connectivity index (χ0n) is 21.7. The third kappa shape index (κ3) is 6.51. The minimum absolute atomic E-state index is 0.101. The summed E-state index contributed by atoms with van der Waals surface area (Å²) in [6.07, 6.45) is 7.35. The number of halogens is 1. The van der Waals surface area contributed by atoms with Gasteiger partial charge < -0.3 is 10.2 Å². The Morgan fingerprint density at radius 2 is 1.79 bits per heavy atom. The number of rotatable bonds is 7. The van der Waals surface area contributed by atoms with Crippen molar-refractivity contribution in [2.24, 2.45) is 0 Å². The van der Waals surface area contributed by atoms with Crippen molar-refractivity contribution in [1.29, 1.82) is 0 Å². The molecule has 0 aromatic heterocycles. The van der Waals surface area contributed by atoms with E-state index in [1.807, 2.05) is 54.6 Å². The molecule has 2 aliphatic rings. The lowest BCUT2D eigenvalue weighted by Gasteiger charge is -2.44. The number of hydrogen-bond acceptors (Lipinski definition) is 3. The molecule has 2 atom stereocenters. The highest BCUT2D eigenvalue weighted by molar-refractivity contribution is 8.04. The van der Waals surface area contributed by atoms with Crippen molar-refractivity contribution >= 4 is 41.3 Å². The molecular weight excluding hydrogens is 512 g/mol. The standard InChI is InChI=1S/C32H33ClN2O2S/c1-22-5-4-6-25(19-22)21-35-28-7-2-3-8-29(28)38-30(32(35)37)20-24-9-13-26(14-10-24)31(36)34-18-17-23-11-15-27(33)16-12-23/h4-6,9-16,19-20,28-29H,2-3,7-8,17-18,21H2,1H3,(H,34,36)/b30-20+. The van der Waals surface area contributed by atoms with E-state index in [1.165, 1.54) is 24.0 Å². The van der Waals surface area contributed by atoms with E-state index in [2.05, 4.69) is 41.4 Å². The van der Waals surface area contributed by atoms with Crippen LogP contribution in [-0.2, 0) is 17.8 Å². The number of carbonyl (C=O) groups is 2. The Kier molecular flexibility index (Phi) is 8.55. The van der Waals surface area contributed by atoms with Crippen molar-refractivity contribution in [2.45, 2.75) is 56.9 Å². The van der Waals surface area contributed by atoms with E-state index in [1.54, 1.807) is 11.8 Å². The minimum Gasteiger partial charge on any atom is -0.352 e. The maximum atomic E-state index is 13.7. The van der Waals surface area contributed by atoms with E-state index < -0.39 is 0 Å². The topological polar surface area (TPSA) is 49.4 Å². The molecule has 4 nitrogen and oxygen atoms in total. The van der Waals surface area contributed by atoms with Gasteiger partial charge in [0, 0.05) is 35.0 Å². The van der Waals surface area contributed by atoms with Gasteiger partial charge in [-0.1, -0.05) is 78.5 Å². The van der Waals surface area contributed by atoms with Crippen LogP contribution in [-0.4, -0.2) is 34.6 Å². The van der Waals surface area contributed by atoms with E-state index in [0.717, 1.165) is 35.3 Å². The molecule has 0 spiro atoms. The van der Waals surface area contributed by atoms with Crippen molar-refractivity contribution in [3.8, 4) is 0 Å². The van der Waals surface area contributed by atoms with Crippen molar-refractivity contribution in [3.63, 3.8) is 0 Å². The summed E-state index contributed by atoms with van der Waals surface area (Å²) in [6, 6.07) is 23.9. The fraction of sp³-hybridized carbons (Fsp3) is 0.312. The monoisotopic (exact) mass is 544 g/mol. The largest absolute Gasteiger partial charge is 0.352 e. The molecule has 3 aromatic rings. The molecule has 0 bridgehead atoms. The highest BCUT2D eigenvalue weighted by atomic mass is 35.5. The van der Waals surface area contributed by atoms with E-state index in [9.17, 15) is 9.59 Å². The Balaban J connectivity index is 1.26. The van der Waals surface area contributed by atoms with Crippen LogP contribution in [0.15, 0.2) is 77.7 Å². The summed E-state index contributed by atoms with van der Waals surface area (Å²) in [4.78, 5) is 29.2. The third-order valence-corrected chi connectivity index (χ3v) is 8.99. The summed E-state index contributed by atoms with van der Waals surface area (Å²) >= 11 is 7.68. The Labute approximate surface area is 234 Å². The SMILES string of the molecule is Cc1cccc(CN2C(=O)/C(=C\c3ccc(C(=O)NCCc4ccc(Cl)cc4)cc3)SC3CCCCC32)c1. The maximum absolute atomic E-state index is 13.7. The van der Waals surface area contributed by atoms with E-state index in [0.29, 0.717) is 28.9 Å². The number of benzene rings is 3. The number of fused-ring (bicyclic) bond motifs is 1. The van der Waals surface area contributed by atoms with E-state index >= 15 is 0 Å². The normalized spacial score (nSPS) is 20.3. The predicted octanol–water partition coefficient (Wildman–Crippen LogP) is 7.05. The minimum atomic E-state index is -0.101. The molecule has 196 valence electrons. The van der Waals surface area contributed by atoms with Gasteiger partial charge in [0.2, 0.25) is 0 Å². The molecule has 1 heterocycles. The molecular formula is C32H33ClN2O2S. The maximum Gasteiger partial charge on any atom is 0.260 e. The van der Waals surface area contributed by atoms with Gasteiger partial charge in [-0.3, -0.25) is 9.59 Å². The Morgan fingerprint density at radius 1 is 1.03 bits per heavy atom. The number of amides is 2. The van der Waals surface area contributed by atoms with Crippen LogP contribution in [0.25, 0.3) is 6.08 Å². The van der Waals surface area contributed by atoms with Crippen LogP contribution >= 0.6 is 23.4 Å². The Morgan fingerprint density at radius 3 is 2.55 bits per heavy atom. The van der Waals surface area contributed by atoms with Gasteiger partial charge in [0.25, 0.3) is 11.8 Å². The molecule has 1 saturated heterocycles. The van der Waals surface area contributed by atoms with Crippen LogP contribution in [0.1, 0.15) is 58.3 Å². The highest BCUT2D eigenvalue weighted by Gasteiger charge is 2.40. The van der Waals surface area contributed by atoms with Gasteiger partial charge in [-0.25, -0.2) is 0 Å². The fourth-order valence-electron chi connectivity index (χ4n) is 5.32. The second kappa shape index (κ2) is 12.2. The van der Waals surface area contributed by atoms with Gasteiger partial charge in [-0.05, 0) is 73.2 Å². The van der Waals surface area contributed by atoms with Crippen molar-refractivity contribution in [1.82, 2.24) is 10.2 Å². The molecule has 2 amide bonds. The molecule has 1 aliphatic carbocycles. The molecule has 1 N–H and O–H groups in total. The molecule has 0 radical (unpaired) electrons. The van der Waals surface area contributed by atoms with Gasteiger partial charge in [0.05, 0.1) is 4.91 Å². The Bertz CT molecular complexity index is 1320. The third-order valence-electron chi connectivity index (χ3n) is 7.34. The first-order chi connectivity index (χ1) is 18.5. The first kappa shape index (κ1) is 26.6. The molecule has 1 saturated carbocycles. The van der Waals surface area contributed by atoms with Crippen molar-refractivity contribution in [2.75, 3.05) is 6.54 Å². The lowest BCUT2D eigenvalue weighted by molar-refractivity contribution is -0.130. The van der Waals surface area contributed by atoms with Gasteiger partial charge in [0.15, 0.2) is 0 Å². The first-order valence-corrected chi connectivity index (χ1v) is 14.6. The zero-order valence-corrected chi connectivity index (χ0v) is 23.2. The molecule has 6 heteroatoms. The van der Waals surface area contributed by atoms with Crippen LogP contribution < -0.4 is 5.32 Å². The van der Waals surface area contributed by atoms with E-state index in [4.69, 9.17) is 11.6 Å². The lowest BCUT2D eigenvalue weighted by Crippen LogP contribution is -2.50. The van der Waals surface area contributed by atoms with Crippen LogP contribution in [0, 0.1) is 6.92 Å². The summed E-state index contributed by atoms with van der Waals surface area (Å²) in [5, 5.41) is 4.12. The van der Waals surface area contributed by atoms with E-state index in [-0.39, 0.29) is 17.9 Å². The molecule has 5 rings (SSSR count). The quantitative estimate of drug-likeness (QED) is 0.324. The number of nitrogens with one attached hydrogen (secondary N) is 1. The first-order valence-electron chi connectivity index (χ1n) is 13.3. The van der Waals surface area contributed by atoms with Crippen molar-refractivity contribution in [3.05, 3.63) is 111 Å². The molecule has 3 aromatic carbocycles. The number of nitrogens with zero attached hydrogens (tertiary/aromatic N) is 1. The van der Waals surface area contributed by atoms with Crippen LogP contribution in [0.5, 0.6) is 0 Å². The van der Waals surface area contributed by atoms with Gasteiger partial charge in [-0.15, -0.1) is 11.8 Å². The fourth-order valence-corrected chi connectivity index (χ4v) is 6.92.